The van der Waals surface area contributed by atoms with Crippen LogP contribution in [-0.4, -0.2) is 97.9 Å². The molecule has 1 aliphatic heterocycles. The molecular formula is C29H37N4O11S3+. The summed E-state index contributed by atoms with van der Waals surface area (Å²) in [4.78, 5) is 26.6. The number of fused-ring (bicyclic) bond motifs is 1. The molecule has 2 aromatic rings. The second-order valence-corrected chi connectivity index (χ2v) is 15.7. The number of anilines is 1. The van der Waals surface area contributed by atoms with Crippen molar-refractivity contribution in [1.82, 2.24) is 10.6 Å². The van der Waals surface area contributed by atoms with Crippen LogP contribution in [0.25, 0.3) is 0 Å². The SMILES string of the molecule is CC1(C)C(/C=C/C=C/Nc2ccccc2)=[N+](CCCS(=O)(=O)O)c2cc(C(=O)NCCS(=O)(=O)O)cc(C(=O)NCCS(=O)(=O)O)c21. The zero-order valence-electron chi connectivity index (χ0n) is 25.6. The molecule has 3 rings (SSSR count). The number of carbonyl (C=O) groups excluding carboxylic acids is 2. The zero-order valence-corrected chi connectivity index (χ0v) is 28.0. The lowest BCUT2D eigenvalue weighted by molar-refractivity contribution is -0.437. The van der Waals surface area contributed by atoms with E-state index in [4.69, 9.17) is 9.11 Å². The maximum Gasteiger partial charge on any atom is 0.266 e. The third-order valence-corrected chi connectivity index (χ3v) is 9.28. The lowest BCUT2D eigenvalue weighted by atomic mass is 9.78. The van der Waals surface area contributed by atoms with E-state index in [9.17, 15) is 39.4 Å². The van der Waals surface area contributed by atoms with Gasteiger partial charge < -0.3 is 16.0 Å². The van der Waals surface area contributed by atoms with E-state index in [0.29, 0.717) is 17.0 Å². The third-order valence-electron chi connectivity index (χ3n) is 7.03. The molecule has 0 saturated carbocycles. The van der Waals surface area contributed by atoms with Crippen LogP contribution in [0, 0.1) is 0 Å². The summed E-state index contributed by atoms with van der Waals surface area (Å²) in [5.74, 6) is -3.68. The Morgan fingerprint density at radius 2 is 1.38 bits per heavy atom. The quantitative estimate of drug-likeness (QED) is 0.0829. The van der Waals surface area contributed by atoms with Crippen LogP contribution in [-0.2, 0) is 35.8 Å². The van der Waals surface area contributed by atoms with Crippen LogP contribution in [0.1, 0.15) is 46.5 Å². The van der Waals surface area contributed by atoms with E-state index < -0.39 is 77.9 Å². The first-order chi connectivity index (χ1) is 21.8. The molecule has 256 valence electrons. The van der Waals surface area contributed by atoms with Crippen molar-refractivity contribution in [2.24, 2.45) is 0 Å². The Morgan fingerprint density at radius 1 is 0.809 bits per heavy atom. The van der Waals surface area contributed by atoms with Gasteiger partial charge in [-0.05, 0) is 38.1 Å². The maximum absolute atomic E-state index is 13.5. The van der Waals surface area contributed by atoms with E-state index in [1.807, 2.05) is 30.3 Å². The normalized spacial score (nSPS) is 14.8. The van der Waals surface area contributed by atoms with E-state index in [1.54, 1.807) is 42.9 Å². The van der Waals surface area contributed by atoms with Gasteiger partial charge in [-0.3, -0.25) is 23.2 Å². The number of nitrogens with zero attached hydrogens (tertiary/aromatic N) is 1. The topological polar surface area (TPSA) is 236 Å². The zero-order chi connectivity index (χ0) is 35.0. The summed E-state index contributed by atoms with van der Waals surface area (Å²) < 4.78 is 97.0. The number of carbonyl (C=O) groups is 2. The van der Waals surface area contributed by atoms with Gasteiger partial charge in [0.2, 0.25) is 5.69 Å². The first-order valence-corrected chi connectivity index (χ1v) is 19.0. The van der Waals surface area contributed by atoms with Crippen LogP contribution >= 0.6 is 0 Å². The molecule has 15 nitrogen and oxygen atoms in total. The highest BCUT2D eigenvalue weighted by Crippen LogP contribution is 2.43. The summed E-state index contributed by atoms with van der Waals surface area (Å²) in [5, 5.41) is 7.89. The van der Waals surface area contributed by atoms with Crippen molar-refractivity contribution in [3.05, 3.63) is 83.6 Å². The second kappa shape index (κ2) is 15.3. The van der Waals surface area contributed by atoms with Crippen LogP contribution in [0.2, 0.25) is 0 Å². The first-order valence-electron chi connectivity index (χ1n) is 14.2. The highest BCUT2D eigenvalue weighted by atomic mass is 32.2. The predicted molar refractivity (Wildman–Crippen MR) is 176 cm³/mol. The van der Waals surface area contributed by atoms with Gasteiger partial charge in [-0.15, -0.1) is 0 Å². The molecule has 18 heteroatoms. The summed E-state index contributed by atoms with van der Waals surface area (Å²) >= 11 is 0. The molecule has 0 aliphatic carbocycles. The van der Waals surface area contributed by atoms with Crippen molar-refractivity contribution in [3.63, 3.8) is 0 Å². The van der Waals surface area contributed by atoms with E-state index in [0.717, 1.165) is 5.69 Å². The largest absolute Gasteiger partial charge is 0.362 e. The number of hydrogen-bond acceptors (Lipinski definition) is 9. The highest BCUT2D eigenvalue weighted by Gasteiger charge is 2.47. The van der Waals surface area contributed by atoms with E-state index in [1.165, 1.54) is 12.1 Å². The van der Waals surface area contributed by atoms with Gasteiger partial charge in [-0.1, -0.05) is 24.3 Å². The number of amides is 2. The number of rotatable bonds is 16. The molecule has 0 unspecified atom stereocenters. The monoisotopic (exact) mass is 713 g/mol. The molecule has 2 aromatic carbocycles. The summed E-state index contributed by atoms with van der Waals surface area (Å²) in [6.45, 7) is 2.71. The predicted octanol–water partition coefficient (Wildman–Crippen LogP) is 1.76. The Bertz CT molecular complexity index is 1920. The van der Waals surface area contributed by atoms with Gasteiger partial charge in [0.25, 0.3) is 42.2 Å². The van der Waals surface area contributed by atoms with Crippen molar-refractivity contribution >= 4 is 59.3 Å². The van der Waals surface area contributed by atoms with Crippen LogP contribution < -0.4 is 16.0 Å². The fourth-order valence-electron chi connectivity index (χ4n) is 5.01. The Morgan fingerprint density at radius 3 is 1.96 bits per heavy atom. The molecule has 6 N–H and O–H groups in total. The van der Waals surface area contributed by atoms with Crippen LogP contribution in [0.5, 0.6) is 0 Å². The molecule has 1 aliphatic rings. The molecule has 0 bridgehead atoms. The Labute approximate surface area is 273 Å². The number of hydrogen-bond donors (Lipinski definition) is 6. The molecule has 0 radical (unpaired) electrons. The minimum atomic E-state index is -4.40. The summed E-state index contributed by atoms with van der Waals surface area (Å²) in [6.07, 6.45) is 6.81. The summed E-state index contributed by atoms with van der Waals surface area (Å²) in [7, 11) is -13.1. The van der Waals surface area contributed by atoms with Crippen LogP contribution in [0.15, 0.2) is 66.9 Å². The molecule has 0 spiro atoms. The van der Waals surface area contributed by atoms with E-state index >= 15 is 0 Å². The molecule has 0 fully saturated rings. The molecular weight excluding hydrogens is 677 g/mol. The van der Waals surface area contributed by atoms with Crippen molar-refractivity contribution in [3.8, 4) is 0 Å². The smallest absolute Gasteiger partial charge is 0.266 e. The standard InChI is InChI=1S/C29H36N4O11S3/c1-29(2)25(11-6-7-12-30-22-9-4-3-5-10-22)33(15-8-16-45(36,37)38)24-20-21(27(34)31-13-17-46(39,40)41)19-23(26(24)29)28(35)32-14-18-47(42,43)44/h3-7,9-12,19-20H,8,13-18H2,1-2H3,(H5,31,32,34,35,36,37,38,39,40,41,42,43,44)/p+1. The lowest BCUT2D eigenvalue weighted by Crippen LogP contribution is -2.34. The average molecular weight is 714 g/mol. The van der Waals surface area contributed by atoms with Gasteiger partial charge in [0.1, 0.15) is 6.54 Å². The van der Waals surface area contributed by atoms with Gasteiger partial charge in [-0.25, -0.2) is 0 Å². The molecule has 1 heterocycles. The van der Waals surface area contributed by atoms with Gasteiger partial charge in [0.15, 0.2) is 5.71 Å². The minimum Gasteiger partial charge on any atom is -0.362 e. The van der Waals surface area contributed by atoms with E-state index in [-0.39, 0.29) is 24.1 Å². The van der Waals surface area contributed by atoms with E-state index in [2.05, 4.69) is 16.0 Å². The third kappa shape index (κ3) is 11.4. The van der Waals surface area contributed by atoms with Gasteiger partial charge in [-0.2, -0.15) is 29.8 Å². The fourth-order valence-corrected chi connectivity index (χ4v) is 6.23. The minimum absolute atomic E-state index is 0.0273. The second-order valence-electron chi connectivity index (χ2n) is 11.0. The number of nitrogens with one attached hydrogen (secondary N) is 3. The lowest BCUT2D eigenvalue weighted by Gasteiger charge is -2.19. The summed E-state index contributed by atoms with van der Waals surface area (Å²) in [5.41, 5.74) is 1.09. The van der Waals surface area contributed by atoms with Crippen molar-refractivity contribution in [2.45, 2.75) is 25.7 Å². The molecule has 0 aromatic heterocycles. The first kappa shape index (κ1) is 37.5. The van der Waals surface area contributed by atoms with Crippen LogP contribution in [0.4, 0.5) is 11.4 Å². The Hall–Kier alpha value is -3.94. The molecule has 47 heavy (non-hydrogen) atoms. The van der Waals surface area contributed by atoms with Gasteiger partial charge >= 0.3 is 0 Å². The fraction of sp³-hybridized carbons (Fsp3) is 0.345. The molecule has 2 amide bonds. The maximum atomic E-state index is 13.5. The molecule has 0 atom stereocenters. The van der Waals surface area contributed by atoms with Gasteiger partial charge in [0, 0.05) is 49.1 Å². The molecule has 0 saturated heterocycles. The highest BCUT2D eigenvalue weighted by molar-refractivity contribution is 7.86. The summed E-state index contributed by atoms with van der Waals surface area (Å²) in [6, 6.07) is 12.0. The average Bonchev–Trinajstić information content (AvgIpc) is 3.16. The number of allylic oxidation sites excluding steroid dienone is 3. The van der Waals surface area contributed by atoms with Crippen molar-refractivity contribution < 1.29 is 53.1 Å². The van der Waals surface area contributed by atoms with Crippen LogP contribution in [0.3, 0.4) is 0 Å². The Kier molecular flexibility index (Phi) is 12.2. The number of para-hydroxylation sites is 1. The van der Waals surface area contributed by atoms with Crippen molar-refractivity contribution in [1.29, 1.82) is 0 Å². The number of benzene rings is 2. The Balaban J connectivity index is 2.11. The van der Waals surface area contributed by atoms with Crippen molar-refractivity contribution in [2.75, 3.05) is 42.2 Å². The van der Waals surface area contributed by atoms with Gasteiger partial charge in [0.05, 0.1) is 33.8 Å².